The molecule has 2 aromatic rings. The molecule has 2 aliphatic heterocycles. The van der Waals surface area contributed by atoms with E-state index >= 15 is 0 Å². The van der Waals surface area contributed by atoms with Crippen molar-refractivity contribution in [2.24, 2.45) is 0 Å². The fourth-order valence-corrected chi connectivity index (χ4v) is 7.00. The van der Waals surface area contributed by atoms with Crippen molar-refractivity contribution >= 4 is 11.7 Å². The van der Waals surface area contributed by atoms with E-state index in [9.17, 15) is 9.90 Å². The molecule has 1 aromatic carbocycles. The highest BCUT2D eigenvalue weighted by molar-refractivity contribution is 5.85. The molecule has 1 aromatic heterocycles. The van der Waals surface area contributed by atoms with Crippen LogP contribution in [0.1, 0.15) is 98.6 Å². The summed E-state index contributed by atoms with van der Waals surface area (Å²) in [6.45, 7) is 9.36. The summed E-state index contributed by atoms with van der Waals surface area (Å²) < 4.78 is 0. The highest BCUT2D eigenvalue weighted by Gasteiger charge is 2.39. The van der Waals surface area contributed by atoms with Crippen LogP contribution in [0.15, 0.2) is 30.6 Å². The first kappa shape index (κ1) is 24.8. The molecule has 1 saturated carbocycles. The van der Waals surface area contributed by atoms with Gasteiger partial charge in [0.1, 0.15) is 12.1 Å². The molecule has 0 unspecified atom stereocenters. The second-order valence-corrected chi connectivity index (χ2v) is 11.6. The van der Waals surface area contributed by atoms with Crippen LogP contribution in [0.5, 0.6) is 0 Å². The zero-order valence-electron chi connectivity index (χ0n) is 22.4. The van der Waals surface area contributed by atoms with E-state index in [2.05, 4.69) is 62.8 Å². The van der Waals surface area contributed by atoms with E-state index in [4.69, 9.17) is 0 Å². The predicted octanol–water partition coefficient (Wildman–Crippen LogP) is 4.20. The van der Waals surface area contributed by atoms with E-state index in [-0.39, 0.29) is 23.8 Å². The number of anilines is 1. The third-order valence-electron chi connectivity index (χ3n) is 9.24. The highest BCUT2D eigenvalue weighted by Crippen LogP contribution is 2.43. The Balaban J connectivity index is 1.21. The minimum Gasteiger partial charge on any atom is -0.387 e. The van der Waals surface area contributed by atoms with Crippen LogP contribution in [0.25, 0.3) is 0 Å². The molecule has 6 rings (SSSR count). The topological polar surface area (TPSA) is 72.8 Å². The lowest BCUT2D eigenvalue weighted by atomic mass is 9.83. The Bertz CT molecular complexity index is 1110. The van der Waals surface area contributed by atoms with Gasteiger partial charge in [0.15, 0.2) is 0 Å². The van der Waals surface area contributed by atoms with Crippen molar-refractivity contribution in [1.29, 1.82) is 0 Å². The lowest BCUT2D eigenvalue weighted by Gasteiger charge is -2.43. The number of benzene rings is 1. The van der Waals surface area contributed by atoms with Gasteiger partial charge in [0.2, 0.25) is 5.91 Å². The molecule has 37 heavy (non-hydrogen) atoms. The SMILES string of the molecule is CCN1CCCC[C@H]1[C@@H](C(=O)N1CCN(c2ncnc3c2[C@H](C)C[C@H]3O)CC1)c1ccc(C2CC2)cc1. The number of likely N-dealkylation sites (N-methyl/N-ethyl adjacent to an activating group) is 1. The van der Waals surface area contributed by atoms with Gasteiger partial charge < -0.3 is 14.9 Å². The maximum Gasteiger partial charge on any atom is 0.231 e. The van der Waals surface area contributed by atoms with Gasteiger partial charge in [0.25, 0.3) is 0 Å². The summed E-state index contributed by atoms with van der Waals surface area (Å²) >= 11 is 0. The maximum atomic E-state index is 14.2. The number of likely N-dealkylation sites (tertiary alicyclic amines) is 1. The molecule has 2 saturated heterocycles. The van der Waals surface area contributed by atoms with Crippen LogP contribution in [0.4, 0.5) is 5.82 Å². The molecule has 0 spiro atoms. The van der Waals surface area contributed by atoms with Crippen molar-refractivity contribution in [2.45, 2.75) is 82.3 Å². The third-order valence-corrected chi connectivity index (χ3v) is 9.24. The Hall–Kier alpha value is -2.51. The van der Waals surface area contributed by atoms with E-state index in [0.717, 1.165) is 55.6 Å². The molecule has 1 amide bonds. The van der Waals surface area contributed by atoms with Crippen LogP contribution in [0, 0.1) is 0 Å². The van der Waals surface area contributed by atoms with E-state index in [1.807, 2.05) is 0 Å². The number of aromatic nitrogens is 2. The molecule has 1 N–H and O–H groups in total. The number of hydrogen-bond acceptors (Lipinski definition) is 6. The molecule has 0 radical (unpaired) electrons. The molecule has 4 atom stereocenters. The number of hydrogen-bond donors (Lipinski definition) is 1. The summed E-state index contributed by atoms with van der Waals surface area (Å²) in [6, 6.07) is 9.30. The van der Waals surface area contributed by atoms with Crippen molar-refractivity contribution in [2.75, 3.05) is 44.2 Å². The van der Waals surface area contributed by atoms with Crippen molar-refractivity contribution in [3.8, 4) is 0 Å². The summed E-state index contributed by atoms with van der Waals surface area (Å²) in [7, 11) is 0. The van der Waals surface area contributed by atoms with E-state index in [0.29, 0.717) is 19.5 Å². The lowest BCUT2D eigenvalue weighted by Crippen LogP contribution is -2.54. The number of aliphatic hydroxyl groups is 1. The molecule has 0 bridgehead atoms. The Labute approximate surface area is 220 Å². The smallest absolute Gasteiger partial charge is 0.231 e. The van der Waals surface area contributed by atoms with Gasteiger partial charge in [-0.05, 0) is 68.2 Å². The van der Waals surface area contributed by atoms with Crippen molar-refractivity contribution < 1.29 is 9.90 Å². The summed E-state index contributed by atoms with van der Waals surface area (Å²) in [5.74, 6) is 2.08. The predicted molar refractivity (Wildman–Crippen MR) is 145 cm³/mol. The highest BCUT2D eigenvalue weighted by atomic mass is 16.3. The van der Waals surface area contributed by atoms with Gasteiger partial charge in [-0.1, -0.05) is 44.5 Å². The molecule has 3 heterocycles. The molecular weight excluding hydrogens is 462 g/mol. The summed E-state index contributed by atoms with van der Waals surface area (Å²) in [4.78, 5) is 30.2. The van der Waals surface area contributed by atoms with Gasteiger partial charge in [0.05, 0.1) is 17.7 Å². The zero-order valence-corrected chi connectivity index (χ0v) is 22.4. The van der Waals surface area contributed by atoms with Crippen LogP contribution >= 0.6 is 0 Å². The largest absolute Gasteiger partial charge is 0.387 e. The number of carbonyl (C=O) groups excluding carboxylic acids is 1. The lowest BCUT2D eigenvalue weighted by molar-refractivity contribution is -0.135. The normalized spacial score (nSPS) is 27.3. The number of piperazine rings is 1. The second-order valence-electron chi connectivity index (χ2n) is 11.6. The van der Waals surface area contributed by atoms with Crippen LogP contribution < -0.4 is 4.90 Å². The van der Waals surface area contributed by atoms with Gasteiger partial charge in [-0.3, -0.25) is 9.69 Å². The number of rotatable bonds is 6. The maximum absolute atomic E-state index is 14.2. The molecule has 3 fully saturated rings. The monoisotopic (exact) mass is 503 g/mol. The van der Waals surface area contributed by atoms with Crippen molar-refractivity contribution in [3.63, 3.8) is 0 Å². The Kier molecular flexibility index (Phi) is 6.93. The summed E-state index contributed by atoms with van der Waals surface area (Å²) in [6.07, 6.45) is 7.88. The van der Waals surface area contributed by atoms with E-state index in [1.165, 1.54) is 36.8 Å². The Morgan fingerprint density at radius 3 is 2.49 bits per heavy atom. The van der Waals surface area contributed by atoms with Crippen LogP contribution in [0.3, 0.4) is 0 Å². The summed E-state index contributed by atoms with van der Waals surface area (Å²) in [5.41, 5.74) is 4.47. The first-order chi connectivity index (χ1) is 18.0. The van der Waals surface area contributed by atoms with Crippen LogP contribution in [-0.4, -0.2) is 76.1 Å². The third kappa shape index (κ3) is 4.76. The number of nitrogens with zero attached hydrogens (tertiary/aromatic N) is 5. The summed E-state index contributed by atoms with van der Waals surface area (Å²) in [5, 5.41) is 10.4. The second kappa shape index (κ2) is 10.3. The molecule has 7 nitrogen and oxygen atoms in total. The van der Waals surface area contributed by atoms with Gasteiger partial charge >= 0.3 is 0 Å². The standard InChI is InChI=1S/C30H41N5O2/c1-3-33-13-5-4-6-24(33)27(23-11-9-22(10-12-23)21-7-8-21)30(37)35-16-14-34(15-17-35)29-26-20(2)18-25(36)28(26)31-19-32-29/h9-12,19-21,24-25,27,36H,3-8,13-18H2,1-2H3/t20-,24+,25-,27+/m1/s1. The van der Waals surface area contributed by atoms with Crippen molar-refractivity contribution in [1.82, 2.24) is 19.8 Å². The van der Waals surface area contributed by atoms with Gasteiger partial charge in [0, 0.05) is 37.8 Å². The Morgan fingerprint density at radius 2 is 1.78 bits per heavy atom. The molecule has 198 valence electrons. The van der Waals surface area contributed by atoms with Gasteiger partial charge in [-0.25, -0.2) is 9.97 Å². The molecular formula is C30H41N5O2. The van der Waals surface area contributed by atoms with Crippen molar-refractivity contribution in [3.05, 3.63) is 53.0 Å². The quantitative estimate of drug-likeness (QED) is 0.637. The minimum absolute atomic E-state index is 0.112. The van der Waals surface area contributed by atoms with Crippen LogP contribution in [0.2, 0.25) is 0 Å². The molecule has 4 aliphatic rings. The number of aliphatic hydroxyl groups excluding tert-OH is 1. The first-order valence-corrected chi connectivity index (χ1v) is 14.5. The number of fused-ring (bicyclic) bond motifs is 1. The first-order valence-electron chi connectivity index (χ1n) is 14.5. The van der Waals surface area contributed by atoms with E-state index in [1.54, 1.807) is 6.33 Å². The number of carbonyl (C=O) groups is 1. The van der Waals surface area contributed by atoms with Gasteiger partial charge in [-0.2, -0.15) is 0 Å². The average molecular weight is 504 g/mol. The number of piperidine rings is 1. The fourth-order valence-electron chi connectivity index (χ4n) is 7.00. The van der Waals surface area contributed by atoms with Gasteiger partial charge in [-0.15, -0.1) is 0 Å². The fraction of sp³-hybridized carbons (Fsp3) is 0.633. The van der Waals surface area contributed by atoms with E-state index < -0.39 is 6.10 Å². The molecule has 2 aliphatic carbocycles. The van der Waals surface area contributed by atoms with Crippen LogP contribution in [-0.2, 0) is 4.79 Å². The Morgan fingerprint density at radius 1 is 1.03 bits per heavy atom. The zero-order chi connectivity index (χ0) is 25.5. The number of amides is 1. The minimum atomic E-state index is -0.501. The average Bonchev–Trinajstić information content (AvgIpc) is 3.75. The molecule has 7 heteroatoms.